The highest BCUT2D eigenvalue weighted by Gasteiger charge is 2.36. The van der Waals surface area contributed by atoms with Gasteiger partial charge in [0.1, 0.15) is 0 Å². The standard InChI is InChI=1S/C17H29NOSi/c1-17(2,3)20(4,5)19-13-12-18-16-11-10-14-8-6-7-9-15(14)16/h6-9,16,18H,10-13H2,1-5H3. The Labute approximate surface area is 125 Å². The summed E-state index contributed by atoms with van der Waals surface area (Å²) in [5.74, 6) is 0. The molecule has 112 valence electrons. The quantitative estimate of drug-likeness (QED) is 0.645. The largest absolute Gasteiger partial charge is 0.416 e. The molecular formula is C17H29NOSi. The second-order valence-corrected chi connectivity index (χ2v) is 12.2. The van der Waals surface area contributed by atoms with Crippen LogP contribution in [0.4, 0.5) is 0 Å². The van der Waals surface area contributed by atoms with Crippen LogP contribution in [-0.4, -0.2) is 21.5 Å². The molecule has 2 rings (SSSR count). The second-order valence-electron chi connectivity index (χ2n) is 7.35. The van der Waals surface area contributed by atoms with Crippen LogP contribution in [0.25, 0.3) is 0 Å². The van der Waals surface area contributed by atoms with Gasteiger partial charge in [-0.3, -0.25) is 0 Å². The number of hydrogen-bond donors (Lipinski definition) is 1. The van der Waals surface area contributed by atoms with E-state index in [4.69, 9.17) is 4.43 Å². The lowest BCUT2D eigenvalue weighted by Crippen LogP contribution is -2.42. The summed E-state index contributed by atoms with van der Waals surface area (Å²) in [7, 11) is -1.59. The van der Waals surface area contributed by atoms with Crippen LogP contribution in [0.3, 0.4) is 0 Å². The highest BCUT2D eigenvalue weighted by Crippen LogP contribution is 2.36. The van der Waals surface area contributed by atoms with Gasteiger partial charge in [0.2, 0.25) is 0 Å². The highest BCUT2D eigenvalue weighted by atomic mass is 28.4. The molecule has 0 spiro atoms. The first-order valence-corrected chi connectivity index (χ1v) is 10.7. The summed E-state index contributed by atoms with van der Waals surface area (Å²) in [5.41, 5.74) is 3.00. The van der Waals surface area contributed by atoms with E-state index in [0.717, 1.165) is 13.2 Å². The number of hydrogen-bond acceptors (Lipinski definition) is 2. The summed E-state index contributed by atoms with van der Waals surface area (Å²) in [6.07, 6.45) is 2.43. The van der Waals surface area contributed by atoms with Crippen molar-refractivity contribution >= 4 is 8.32 Å². The lowest BCUT2D eigenvalue weighted by molar-refractivity contribution is 0.279. The minimum absolute atomic E-state index is 0.299. The lowest BCUT2D eigenvalue weighted by Gasteiger charge is -2.36. The minimum atomic E-state index is -1.59. The van der Waals surface area contributed by atoms with Crippen molar-refractivity contribution in [1.82, 2.24) is 5.32 Å². The Morgan fingerprint density at radius 2 is 1.95 bits per heavy atom. The van der Waals surface area contributed by atoms with Crippen LogP contribution >= 0.6 is 0 Å². The molecule has 2 nitrogen and oxygen atoms in total. The predicted molar refractivity (Wildman–Crippen MR) is 88.7 cm³/mol. The molecule has 0 aliphatic heterocycles. The van der Waals surface area contributed by atoms with Crippen LogP contribution in [0, 0.1) is 0 Å². The zero-order valence-electron chi connectivity index (χ0n) is 13.6. The molecule has 0 saturated heterocycles. The molecule has 0 bridgehead atoms. The molecule has 0 fully saturated rings. The summed E-state index contributed by atoms with van der Waals surface area (Å²) in [6, 6.07) is 9.32. The molecule has 1 aliphatic rings. The third-order valence-corrected chi connectivity index (χ3v) is 9.43. The average molecular weight is 292 g/mol. The third kappa shape index (κ3) is 3.51. The Bertz CT molecular complexity index is 451. The van der Waals surface area contributed by atoms with Gasteiger partial charge in [-0.2, -0.15) is 0 Å². The molecule has 0 heterocycles. The van der Waals surface area contributed by atoms with Crippen LogP contribution in [0.2, 0.25) is 18.1 Å². The smallest absolute Gasteiger partial charge is 0.192 e. The highest BCUT2D eigenvalue weighted by molar-refractivity contribution is 6.74. The fraction of sp³-hybridized carbons (Fsp3) is 0.647. The van der Waals surface area contributed by atoms with Crippen molar-refractivity contribution in [2.24, 2.45) is 0 Å². The average Bonchev–Trinajstić information content (AvgIpc) is 2.77. The summed E-state index contributed by atoms with van der Waals surface area (Å²) in [5, 5.41) is 3.96. The van der Waals surface area contributed by atoms with Crippen molar-refractivity contribution in [1.29, 1.82) is 0 Å². The van der Waals surface area contributed by atoms with Gasteiger partial charge >= 0.3 is 0 Å². The van der Waals surface area contributed by atoms with Crippen molar-refractivity contribution < 1.29 is 4.43 Å². The zero-order valence-corrected chi connectivity index (χ0v) is 14.6. The summed E-state index contributed by atoms with van der Waals surface area (Å²) in [4.78, 5) is 0. The van der Waals surface area contributed by atoms with E-state index in [0.29, 0.717) is 11.1 Å². The Morgan fingerprint density at radius 3 is 2.65 bits per heavy atom. The zero-order chi connectivity index (χ0) is 14.8. The maximum atomic E-state index is 6.22. The Hall–Kier alpha value is -0.643. The molecule has 1 aromatic rings. The molecule has 1 N–H and O–H groups in total. The molecule has 0 radical (unpaired) electrons. The summed E-state index contributed by atoms with van der Waals surface area (Å²) < 4.78 is 6.22. The maximum Gasteiger partial charge on any atom is 0.192 e. The molecule has 3 heteroatoms. The van der Waals surface area contributed by atoms with Crippen LogP contribution in [-0.2, 0) is 10.8 Å². The third-order valence-electron chi connectivity index (χ3n) is 4.89. The van der Waals surface area contributed by atoms with E-state index < -0.39 is 8.32 Å². The first kappa shape index (κ1) is 15.7. The predicted octanol–water partition coefficient (Wildman–Crippen LogP) is 4.29. The maximum absolute atomic E-state index is 6.22. The van der Waals surface area contributed by atoms with Gasteiger partial charge in [0.05, 0.1) is 0 Å². The topological polar surface area (TPSA) is 21.3 Å². The van der Waals surface area contributed by atoms with Crippen LogP contribution in [0.15, 0.2) is 24.3 Å². The molecule has 0 amide bonds. The number of nitrogens with one attached hydrogen (secondary N) is 1. The summed E-state index contributed by atoms with van der Waals surface area (Å²) >= 11 is 0. The van der Waals surface area contributed by atoms with Gasteiger partial charge in [-0.1, -0.05) is 45.0 Å². The number of benzene rings is 1. The van der Waals surface area contributed by atoms with E-state index >= 15 is 0 Å². The molecule has 0 saturated carbocycles. The van der Waals surface area contributed by atoms with Crippen molar-refractivity contribution in [3.8, 4) is 0 Å². The first-order valence-electron chi connectivity index (χ1n) is 7.76. The lowest BCUT2D eigenvalue weighted by atomic mass is 10.1. The molecule has 1 aromatic carbocycles. The molecule has 20 heavy (non-hydrogen) atoms. The number of rotatable bonds is 5. The van der Waals surface area contributed by atoms with Crippen molar-refractivity contribution in [3.63, 3.8) is 0 Å². The van der Waals surface area contributed by atoms with Crippen LogP contribution in [0.1, 0.15) is 44.4 Å². The van der Waals surface area contributed by atoms with E-state index in [-0.39, 0.29) is 0 Å². The van der Waals surface area contributed by atoms with E-state index in [1.807, 2.05) is 0 Å². The second kappa shape index (κ2) is 6.00. The number of aryl methyl sites for hydroxylation is 1. The molecular weight excluding hydrogens is 262 g/mol. The van der Waals surface area contributed by atoms with E-state index in [2.05, 4.69) is 63.4 Å². The van der Waals surface area contributed by atoms with E-state index in [9.17, 15) is 0 Å². The summed E-state index contributed by atoms with van der Waals surface area (Å²) in [6.45, 7) is 13.3. The number of fused-ring (bicyclic) bond motifs is 1. The minimum Gasteiger partial charge on any atom is -0.416 e. The van der Waals surface area contributed by atoms with Crippen molar-refractivity contribution in [3.05, 3.63) is 35.4 Å². The van der Waals surface area contributed by atoms with Crippen molar-refractivity contribution in [2.75, 3.05) is 13.2 Å². The van der Waals surface area contributed by atoms with E-state index in [1.54, 1.807) is 0 Å². The SMILES string of the molecule is CC(C)(C)[Si](C)(C)OCCNC1CCc2ccccc21. The molecule has 1 unspecified atom stereocenters. The van der Waals surface area contributed by atoms with Gasteiger partial charge in [-0.15, -0.1) is 0 Å². The van der Waals surface area contributed by atoms with Gasteiger partial charge in [-0.25, -0.2) is 0 Å². The fourth-order valence-corrected chi connectivity index (χ4v) is 3.57. The van der Waals surface area contributed by atoms with Gasteiger partial charge in [0.25, 0.3) is 0 Å². The molecule has 1 aliphatic carbocycles. The van der Waals surface area contributed by atoms with Crippen LogP contribution < -0.4 is 5.32 Å². The fourth-order valence-electron chi connectivity index (χ4n) is 2.53. The Morgan fingerprint density at radius 1 is 1.25 bits per heavy atom. The van der Waals surface area contributed by atoms with Crippen LogP contribution in [0.5, 0.6) is 0 Å². The van der Waals surface area contributed by atoms with Crippen molar-refractivity contribution in [2.45, 2.75) is 57.8 Å². The van der Waals surface area contributed by atoms with Gasteiger partial charge in [-0.05, 0) is 42.1 Å². The molecule has 1 atom stereocenters. The van der Waals surface area contributed by atoms with E-state index in [1.165, 1.54) is 24.0 Å². The Balaban J connectivity index is 1.78. The molecule has 0 aromatic heterocycles. The Kier molecular flexibility index (Phi) is 4.72. The van der Waals surface area contributed by atoms with Gasteiger partial charge < -0.3 is 9.74 Å². The normalized spacial score (nSPS) is 19.1. The van der Waals surface area contributed by atoms with Gasteiger partial charge in [0.15, 0.2) is 8.32 Å². The first-order chi connectivity index (χ1) is 9.31. The monoisotopic (exact) mass is 291 g/mol. The van der Waals surface area contributed by atoms with Gasteiger partial charge in [0, 0.05) is 19.2 Å².